The fourth-order valence-corrected chi connectivity index (χ4v) is 5.32. The van der Waals surface area contributed by atoms with Crippen LogP contribution < -0.4 is 14.9 Å². The van der Waals surface area contributed by atoms with Crippen LogP contribution >= 0.6 is 0 Å². The maximum Gasteiger partial charge on any atom is 0.239 e. The topological polar surface area (TPSA) is 167 Å². The molecule has 0 saturated heterocycles. The lowest BCUT2D eigenvalue weighted by Gasteiger charge is -2.20. The van der Waals surface area contributed by atoms with E-state index in [2.05, 4.69) is 0 Å². The fraction of sp³-hybridized carbons (Fsp3) is 0.176. The number of aryl methyl sites for hydroxylation is 1. The number of methoxy groups -OCH3 is 2. The van der Waals surface area contributed by atoms with Crippen LogP contribution in [0.2, 0.25) is 0 Å². The van der Waals surface area contributed by atoms with Gasteiger partial charge in [-0.15, -0.1) is 0 Å². The van der Waals surface area contributed by atoms with Crippen LogP contribution in [0.1, 0.15) is 39.0 Å². The van der Waals surface area contributed by atoms with Gasteiger partial charge in [0.25, 0.3) is 0 Å². The predicted molar refractivity (Wildman–Crippen MR) is 162 cm³/mol. The Kier molecular flexibility index (Phi) is 8.09. The van der Waals surface area contributed by atoms with E-state index in [-0.39, 0.29) is 75.5 Å². The van der Waals surface area contributed by atoms with Crippen molar-refractivity contribution in [3.05, 3.63) is 98.7 Å². The molecule has 44 heavy (non-hydrogen) atoms. The predicted octanol–water partition coefficient (Wildman–Crippen LogP) is 5.72. The van der Waals surface area contributed by atoms with Gasteiger partial charge in [-0.1, -0.05) is 42.5 Å². The van der Waals surface area contributed by atoms with Crippen molar-refractivity contribution in [2.45, 2.75) is 26.2 Å². The number of benzene rings is 4. The average molecular weight is 599 g/mol. The molecule has 10 nitrogen and oxygen atoms in total. The first-order valence-electron chi connectivity index (χ1n) is 13.6. The van der Waals surface area contributed by atoms with Gasteiger partial charge in [-0.2, -0.15) is 0 Å². The number of hydrogen-bond donors (Lipinski definition) is 5. The Balaban J connectivity index is 1.68. The molecule has 5 rings (SSSR count). The summed E-state index contributed by atoms with van der Waals surface area (Å²) < 4.78 is 17.0. The van der Waals surface area contributed by atoms with Crippen LogP contribution in [0.15, 0.2) is 69.9 Å². The van der Waals surface area contributed by atoms with Crippen molar-refractivity contribution in [2.75, 3.05) is 14.2 Å². The number of rotatable bonds is 9. The Morgan fingerprint density at radius 3 is 2.11 bits per heavy atom. The van der Waals surface area contributed by atoms with Crippen LogP contribution in [0.3, 0.4) is 0 Å². The molecule has 4 aromatic carbocycles. The standard InChI is InChI=1S/C34H30O10/c1-17-28(39)26(23(36)14-11-18-9-12-20(35)13-10-18)29(40)22(31(17)42-2)15-21-24(37)16-25(38)27-30(41)34(43-3)32(44-33(21)27)19-7-5-4-6-8-19/h4-10,12-13,16,35,37-40H,11,14-15H2,1-3H3. The number of ether oxygens (including phenoxy) is 2. The van der Waals surface area contributed by atoms with E-state index in [4.69, 9.17) is 13.9 Å². The highest BCUT2D eigenvalue weighted by Gasteiger charge is 2.29. The monoisotopic (exact) mass is 598 g/mol. The van der Waals surface area contributed by atoms with E-state index in [0.717, 1.165) is 11.6 Å². The third-order valence-corrected chi connectivity index (χ3v) is 7.57. The summed E-state index contributed by atoms with van der Waals surface area (Å²) in [5, 5.41) is 53.3. The van der Waals surface area contributed by atoms with Gasteiger partial charge in [0.05, 0.1) is 14.2 Å². The molecule has 0 spiro atoms. The molecule has 0 aliphatic rings. The van der Waals surface area contributed by atoms with Gasteiger partial charge in [0.15, 0.2) is 11.5 Å². The average Bonchev–Trinajstić information content (AvgIpc) is 3.01. The van der Waals surface area contributed by atoms with Gasteiger partial charge >= 0.3 is 0 Å². The van der Waals surface area contributed by atoms with Crippen molar-refractivity contribution >= 4 is 16.8 Å². The number of ketones is 1. The first kappa shape index (κ1) is 29.8. The second-order valence-corrected chi connectivity index (χ2v) is 10.2. The van der Waals surface area contributed by atoms with Gasteiger partial charge in [0.2, 0.25) is 11.2 Å². The maximum absolute atomic E-state index is 13.5. The second-order valence-electron chi connectivity index (χ2n) is 10.2. The van der Waals surface area contributed by atoms with Gasteiger partial charge in [-0.25, -0.2) is 0 Å². The number of carbonyl (C=O) groups is 1. The molecule has 0 fully saturated rings. The maximum atomic E-state index is 13.5. The smallest absolute Gasteiger partial charge is 0.239 e. The zero-order valence-electron chi connectivity index (χ0n) is 24.2. The molecule has 0 saturated carbocycles. The van der Waals surface area contributed by atoms with Crippen molar-refractivity contribution in [2.24, 2.45) is 0 Å². The molecular weight excluding hydrogens is 568 g/mol. The number of fused-ring (bicyclic) bond motifs is 1. The zero-order valence-corrected chi connectivity index (χ0v) is 24.2. The Labute approximate surface area is 251 Å². The van der Waals surface area contributed by atoms with Crippen molar-refractivity contribution < 1.29 is 44.2 Å². The van der Waals surface area contributed by atoms with Gasteiger partial charge in [0.1, 0.15) is 51.0 Å². The minimum atomic E-state index is -0.686. The highest BCUT2D eigenvalue weighted by atomic mass is 16.5. The molecular formula is C34H30O10. The Hall–Kier alpha value is -5.64. The first-order valence-corrected chi connectivity index (χ1v) is 13.6. The van der Waals surface area contributed by atoms with E-state index >= 15 is 0 Å². The number of aromatic hydroxyl groups is 5. The first-order chi connectivity index (χ1) is 21.1. The molecule has 1 aromatic heterocycles. The summed E-state index contributed by atoms with van der Waals surface area (Å²) in [6.45, 7) is 1.52. The van der Waals surface area contributed by atoms with E-state index in [1.54, 1.807) is 42.5 Å². The molecule has 0 radical (unpaired) electrons. The van der Waals surface area contributed by atoms with Crippen molar-refractivity contribution in [1.29, 1.82) is 0 Å². The molecule has 5 aromatic rings. The molecule has 0 amide bonds. The SMILES string of the molecule is COc1c(C)c(O)c(C(=O)CCc2ccc(O)cc2)c(O)c1Cc1c(O)cc(O)c2c(=O)c(OC)c(-c3ccccc3)oc12. The molecule has 0 aliphatic carbocycles. The quantitative estimate of drug-likeness (QED) is 0.132. The van der Waals surface area contributed by atoms with Crippen molar-refractivity contribution in [1.82, 2.24) is 0 Å². The van der Waals surface area contributed by atoms with Crippen molar-refractivity contribution in [3.63, 3.8) is 0 Å². The van der Waals surface area contributed by atoms with Crippen LogP contribution in [-0.4, -0.2) is 45.5 Å². The number of Topliss-reactive ketones (excluding diaryl/α,β-unsaturated/α-hetero) is 1. The van der Waals surface area contributed by atoms with Gasteiger partial charge in [0, 0.05) is 41.2 Å². The van der Waals surface area contributed by atoms with E-state index in [1.165, 1.54) is 33.3 Å². The third kappa shape index (κ3) is 5.22. The van der Waals surface area contributed by atoms with Gasteiger partial charge in [-0.3, -0.25) is 9.59 Å². The van der Waals surface area contributed by atoms with Gasteiger partial charge in [-0.05, 0) is 31.0 Å². The summed E-state index contributed by atoms with van der Waals surface area (Å²) in [5.74, 6) is -2.54. The molecule has 1 heterocycles. The summed E-state index contributed by atoms with van der Waals surface area (Å²) in [4.78, 5) is 26.9. The third-order valence-electron chi connectivity index (χ3n) is 7.57. The normalized spacial score (nSPS) is 11.1. The summed E-state index contributed by atoms with van der Waals surface area (Å²) in [6.07, 6.45) is -0.114. The highest BCUT2D eigenvalue weighted by molar-refractivity contribution is 6.03. The Bertz CT molecular complexity index is 1940. The summed E-state index contributed by atoms with van der Waals surface area (Å²) in [5.41, 5.74) is 0.305. The number of hydrogen-bond acceptors (Lipinski definition) is 10. The minimum Gasteiger partial charge on any atom is -0.508 e. The number of phenolic OH excluding ortho intramolecular Hbond substituents is 5. The second kappa shape index (κ2) is 11.9. The summed E-state index contributed by atoms with van der Waals surface area (Å²) >= 11 is 0. The largest absolute Gasteiger partial charge is 0.508 e. The molecule has 0 atom stereocenters. The highest BCUT2D eigenvalue weighted by Crippen LogP contribution is 2.46. The molecule has 226 valence electrons. The lowest BCUT2D eigenvalue weighted by atomic mass is 9.91. The van der Waals surface area contributed by atoms with Crippen LogP contribution in [0.4, 0.5) is 0 Å². The lowest BCUT2D eigenvalue weighted by molar-refractivity contribution is 0.0977. The number of carbonyl (C=O) groups excluding carboxylic acids is 1. The van der Waals surface area contributed by atoms with Crippen LogP contribution in [0.5, 0.6) is 40.2 Å². The van der Waals surface area contributed by atoms with E-state index in [0.29, 0.717) is 5.56 Å². The fourth-order valence-electron chi connectivity index (χ4n) is 5.32. The van der Waals surface area contributed by atoms with Crippen LogP contribution in [0.25, 0.3) is 22.3 Å². The summed E-state index contributed by atoms with van der Waals surface area (Å²) in [6, 6.07) is 16.0. The van der Waals surface area contributed by atoms with E-state index < -0.39 is 34.2 Å². The lowest BCUT2D eigenvalue weighted by Crippen LogP contribution is -2.10. The van der Waals surface area contributed by atoms with Gasteiger partial charge < -0.3 is 39.4 Å². The Morgan fingerprint density at radius 1 is 0.818 bits per heavy atom. The summed E-state index contributed by atoms with van der Waals surface area (Å²) in [7, 11) is 2.62. The zero-order chi connectivity index (χ0) is 31.7. The Morgan fingerprint density at radius 2 is 1.48 bits per heavy atom. The van der Waals surface area contributed by atoms with Crippen molar-refractivity contribution in [3.8, 4) is 51.6 Å². The van der Waals surface area contributed by atoms with Crippen LogP contribution in [0, 0.1) is 6.92 Å². The molecule has 10 heteroatoms. The minimum absolute atomic E-state index is 0.0101. The molecule has 5 N–H and O–H groups in total. The number of phenols is 5. The molecule has 0 unspecified atom stereocenters. The van der Waals surface area contributed by atoms with Crippen LogP contribution in [-0.2, 0) is 12.8 Å². The molecule has 0 bridgehead atoms. The van der Waals surface area contributed by atoms with E-state index in [1.807, 2.05) is 0 Å². The van der Waals surface area contributed by atoms with E-state index in [9.17, 15) is 35.1 Å². The molecule has 0 aliphatic heterocycles.